The number of phenolic OH excluding ortho intramolecular Hbond substituents is 2. The first-order chi connectivity index (χ1) is 13.1. The molecule has 0 atom stereocenters. The predicted molar refractivity (Wildman–Crippen MR) is 99.9 cm³/mol. The van der Waals surface area contributed by atoms with Gasteiger partial charge in [0.15, 0.2) is 11.2 Å². The van der Waals surface area contributed by atoms with E-state index >= 15 is 0 Å². The number of nitrogens with one attached hydrogen (secondary N) is 2. The van der Waals surface area contributed by atoms with E-state index in [-0.39, 0.29) is 22.6 Å². The number of hydrogen-bond acceptors (Lipinski definition) is 6. The number of aromatic hydroxyl groups is 2. The minimum atomic E-state index is -0.348. The third-order valence-electron chi connectivity index (χ3n) is 4.12. The van der Waals surface area contributed by atoms with Gasteiger partial charge in [0.05, 0.1) is 18.5 Å². The van der Waals surface area contributed by atoms with E-state index in [0.717, 1.165) is 0 Å². The van der Waals surface area contributed by atoms with Crippen molar-refractivity contribution < 1.29 is 14.9 Å². The van der Waals surface area contributed by atoms with Gasteiger partial charge in [-0.1, -0.05) is 6.07 Å². The zero-order valence-electron chi connectivity index (χ0n) is 14.4. The van der Waals surface area contributed by atoms with E-state index in [2.05, 4.69) is 19.9 Å². The number of fused-ring (bicyclic) bond motifs is 1. The molecule has 2 aromatic carbocycles. The molecule has 0 radical (unpaired) electrons. The summed E-state index contributed by atoms with van der Waals surface area (Å²) in [5.74, 6) is 0.786. The first-order valence-corrected chi connectivity index (χ1v) is 8.30. The summed E-state index contributed by atoms with van der Waals surface area (Å²) >= 11 is 0. The van der Waals surface area contributed by atoms with Crippen molar-refractivity contribution in [3.05, 3.63) is 53.1 Å². The van der Waals surface area contributed by atoms with Gasteiger partial charge in [0.1, 0.15) is 23.1 Å². The normalized spacial score (nSPS) is 11.0. The predicted octanol–water partition coefficient (Wildman–Crippen LogP) is 2.79. The van der Waals surface area contributed by atoms with Crippen molar-refractivity contribution in [2.24, 2.45) is 0 Å². The summed E-state index contributed by atoms with van der Waals surface area (Å²) in [5, 5.41) is 19.6. The molecule has 4 aromatic rings. The van der Waals surface area contributed by atoms with Crippen molar-refractivity contribution in [3.8, 4) is 39.8 Å². The average Bonchev–Trinajstić information content (AvgIpc) is 3.11. The molecule has 27 heavy (non-hydrogen) atoms. The molecule has 0 bridgehead atoms. The van der Waals surface area contributed by atoms with E-state index < -0.39 is 0 Å². The highest BCUT2D eigenvalue weighted by molar-refractivity contribution is 5.78. The third-order valence-corrected chi connectivity index (χ3v) is 4.12. The second-order valence-electron chi connectivity index (χ2n) is 5.86. The molecular weight excluding hydrogens is 348 g/mol. The molecular formula is C19H16N4O4. The maximum atomic E-state index is 12.2. The summed E-state index contributed by atoms with van der Waals surface area (Å²) in [7, 11) is 0. The first kappa shape index (κ1) is 16.6. The Labute approximate surface area is 153 Å². The number of hydrogen-bond donors (Lipinski definition) is 4. The maximum absolute atomic E-state index is 12.2. The van der Waals surface area contributed by atoms with Crippen LogP contribution in [-0.4, -0.2) is 36.8 Å². The number of rotatable bonds is 4. The van der Waals surface area contributed by atoms with E-state index in [9.17, 15) is 15.0 Å². The van der Waals surface area contributed by atoms with Crippen LogP contribution in [0.5, 0.6) is 17.2 Å². The van der Waals surface area contributed by atoms with Gasteiger partial charge in [-0.3, -0.25) is 4.79 Å². The van der Waals surface area contributed by atoms with Crippen molar-refractivity contribution in [3.63, 3.8) is 0 Å². The van der Waals surface area contributed by atoms with E-state index in [4.69, 9.17) is 4.74 Å². The van der Waals surface area contributed by atoms with Crippen LogP contribution in [0.3, 0.4) is 0 Å². The lowest BCUT2D eigenvalue weighted by molar-refractivity contribution is 0.341. The molecule has 8 nitrogen and oxygen atoms in total. The SMILES string of the molecule is CCOc1cc(-c2ccc(O)cc2O)ccc1-c1nc2[nH]cnc2c(=O)[nH]1. The lowest BCUT2D eigenvalue weighted by atomic mass is 10.0. The average molecular weight is 364 g/mol. The Bertz CT molecular complexity index is 1200. The number of phenols is 2. The highest BCUT2D eigenvalue weighted by atomic mass is 16.5. The fourth-order valence-corrected chi connectivity index (χ4v) is 2.90. The Hall–Kier alpha value is -3.81. The van der Waals surface area contributed by atoms with Crippen LogP contribution >= 0.6 is 0 Å². The monoisotopic (exact) mass is 364 g/mol. The van der Waals surface area contributed by atoms with Crippen LogP contribution in [0.2, 0.25) is 0 Å². The van der Waals surface area contributed by atoms with E-state index in [0.29, 0.717) is 40.5 Å². The maximum Gasteiger partial charge on any atom is 0.279 e. The minimum Gasteiger partial charge on any atom is -0.508 e. The van der Waals surface area contributed by atoms with Gasteiger partial charge in [-0.05, 0) is 36.8 Å². The summed E-state index contributed by atoms with van der Waals surface area (Å²) in [5.41, 5.74) is 2.13. The number of ether oxygens (including phenoxy) is 1. The fourth-order valence-electron chi connectivity index (χ4n) is 2.90. The van der Waals surface area contributed by atoms with Crippen molar-refractivity contribution in [2.45, 2.75) is 6.92 Å². The van der Waals surface area contributed by atoms with Crippen LogP contribution < -0.4 is 10.3 Å². The summed E-state index contributed by atoms with van der Waals surface area (Å²) in [4.78, 5) is 26.1. The van der Waals surface area contributed by atoms with Gasteiger partial charge in [-0.2, -0.15) is 0 Å². The molecule has 4 rings (SSSR count). The van der Waals surface area contributed by atoms with E-state index in [1.54, 1.807) is 24.3 Å². The van der Waals surface area contributed by atoms with Gasteiger partial charge in [-0.25, -0.2) is 9.97 Å². The lowest BCUT2D eigenvalue weighted by Gasteiger charge is -2.13. The van der Waals surface area contributed by atoms with Crippen molar-refractivity contribution in [1.82, 2.24) is 19.9 Å². The molecule has 0 fully saturated rings. The number of aromatic nitrogens is 4. The molecule has 0 saturated heterocycles. The molecule has 0 spiro atoms. The zero-order valence-corrected chi connectivity index (χ0v) is 14.4. The van der Waals surface area contributed by atoms with Crippen LogP contribution in [0, 0.1) is 0 Å². The summed E-state index contributed by atoms with van der Waals surface area (Å²) in [6.45, 7) is 2.26. The van der Waals surface area contributed by atoms with Crippen LogP contribution in [0.15, 0.2) is 47.5 Å². The number of imidazole rings is 1. The molecule has 2 aromatic heterocycles. The van der Waals surface area contributed by atoms with Gasteiger partial charge in [-0.15, -0.1) is 0 Å². The van der Waals surface area contributed by atoms with Gasteiger partial charge in [0.2, 0.25) is 0 Å². The highest BCUT2D eigenvalue weighted by Gasteiger charge is 2.15. The number of H-pyrrole nitrogens is 2. The molecule has 8 heteroatoms. The van der Waals surface area contributed by atoms with E-state index in [1.165, 1.54) is 18.5 Å². The Balaban J connectivity index is 1.86. The minimum absolute atomic E-state index is 0.0208. The molecule has 0 aliphatic heterocycles. The Morgan fingerprint density at radius 2 is 1.93 bits per heavy atom. The molecule has 136 valence electrons. The smallest absolute Gasteiger partial charge is 0.279 e. The first-order valence-electron chi connectivity index (χ1n) is 8.30. The largest absolute Gasteiger partial charge is 0.508 e. The quantitative estimate of drug-likeness (QED) is 0.441. The number of nitrogens with zero attached hydrogens (tertiary/aromatic N) is 2. The van der Waals surface area contributed by atoms with Crippen molar-refractivity contribution in [1.29, 1.82) is 0 Å². The number of aromatic amines is 2. The molecule has 0 aliphatic rings. The highest BCUT2D eigenvalue weighted by Crippen LogP contribution is 2.37. The Morgan fingerprint density at radius 3 is 2.70 bits per heavy atom. The Kier molecular flexibility index (Phi) is 4.00. The molecule has 0 unspecified atom stereocenters. The van der Waals surface area contributed by atoms with Crippen LogP contribution in [0.4, 0.5) is 0 Å². The molecule has 0 aliphatic carbocycles. The van der Waals surface area contributed by atoms with Crippen LogP contribution in [0.25, 0.3) is 33.7 Å². The summed E-state index contributed by atoms with van der Waals surface area (Å²) in [6.07, 6.45) is 1.41. The zero-order chi connectivity index (χ0) is 19.0. The molecule has 2 heterocycles. The van der Waals surface area contributed by atoms with Gasteiger partial charge < -0.3 is 24.9 Å². The van der Waals surface area contributed by atoms with Crippen molar-refractivity contribution >= 4 is 11.2 Å². The summed E-state index contributed by atoms with van der Waals surface area (Å²) in [6, 6.07) is 9.67. The van der Waals surface area contributed by atoms with E-state index in [1.807, 2.05) is 6.92 Å². The Morgan fingerprint density at radius 1 is 1.11 bits per heavy atom. The third kappa shape index (κ3) is 2.97. The molecule has 4 N–H and O–H groups in total. The molecule has 0 amide bonds. The van der Waals surface area contributed by atoms with Gasteiger partial charge in [0, 0.05) is 11.6 Å². The number of benzene rings is 2. The fraction of sp³-hybridized carbons (Fsp3) is 0.105. The lowest BCUT2D eigenvalue weighted by Crippen LogP contribution is -2.10. The van der Waals surface area contributed by atoms with Gasteiger partial charge >= 0.3 is 0 Å². The van der Waals surface area contributed by atoms with Crippen molar-refractivity contribution in [2.75, 3.05) is 6.61 Å². The molecule has 0 saturated carbocycles. The second-order valence-corrected chi connectivity index (χ2v) is 5.86. The van der Waals surface area contributed by atoms with Gasteiger partial charge in [0.25, 0.3) is 5.56 Å². The summed E-state index contributed by atoms with van der Waals surface area (Å²) < 4.78 is 5.73. The standard InChI is InChI=1S/C19H16N4O4/c1-2-27-15-7-10(12-6-4-11(24)8-14(12)25)3-5-13(15)17-22-18-16(19(26)23-17)20-9-21-18/h3-9,24-25H,2H2,1H3,(H2,20,21,22,23,26). The second kappa shape index (κ2) is 6.49. The van der Waals surface area contributed by atoms with Crippen LogP contribution in [-0.2, 0) is 0 Å². The van der Waals surface area contributed by atoms with Crippen LogP contribution in [0.1, 0.15) is 6.92 Å². The topological polar surface area (TPSA) is 124 Å².